The lowest BCUT2D eigenvalue weighted by Gasteiger charge is -2.28. The summed E-state index contributed by atoms with van der Waals surface area (Å²) >= 11 is 0. The van der Waals surface area contributed by atoms with Crippen LogP contribution in [0.25, 0.3) is 0 Å². The Morgan fingerprint density at radius 3 is 2.14 bits per heavy atom. The van der Waals surface area contributed by atoms with Crippen molar-refractivity contribution in [1.82, 2.24) is 14.5 Å². The molecule has 0 radical (unpaired) electrons. The van der Waals surface area contributed by atoms with E-state index in [0.717, 1.165) is 17.7 Å². The Balaban J connectivity index is 1.64. The molecule has 1 heterocycles. The van der Waals surface area contributed by atoms with Gasteiger partial charge in [-0.2, -0.15) is 0 Å². The van der Waals surface area contributed by atoms with E-state index in [1.807, 2.05) is 6.20 Å². The van der Waals surface area contributed by atoms with Gasteiger partial charge in [0.25, 0.3) is 0 Å². The van der Waals surface area contributed by atoms with E-state index in [2.05, 4.69) is 9.55 Å². The van der Waals surface area contributed by atoms with Gasteiger partial charge in [-0.3, -0.25) is 4.79 Å². The minimum absolute atomic E-state index is 0.0898. The van der Waals surface area contributed by atoms with Gasteiger partial charge in [0.1, 0.15) is 16.6 Å². The molecule has 1 N–H and O–H groups in total. The van der Waals surface area contributed by atoms with E-state index in [0.29, 0.717) is 31.0 Å². The minimum atomic E-state index is -0.997. The fraction of sp³-hybridized carbons (Fsp3) is 0.769. The van der Waals surface area contributed by atoms with Crippen molar-refractivity contribution in [2.24, 2.45) is 5.92 Å². The number of amides is 2. The molecule has 0 spiro atoms. The number of carboxylic acids is 1. The molecule has 0 aromatic carbocycles. The molecule has 2 unspecified atom stereocenters. The Morgan fingerprint density at radius 1 is 1.06 bits per heavy atom. The van der Waals surface area contributed by atoms with E-state index in [-0.39, 0.29) is 12.5 Å². The molecule has 2 aliphatic rings. The van der Waals surface area contributed by atoms with Crippen molar-refractivity contribution in [2.45, 2.75) is 116 Å². The molecule has 2 amide bonds. The molecule has 196 valence electrons. The van der Waals surface area contributed by atoms with Gasteiger partial charge in [-0.05, 0) is 79.6 Å². The number of nitrogens with zero attached hydrogens (tertiary/aromatic N) is 3. The Bertz CT molecular complexity index is 894. The quantitative estimate of drug-likeness (QED) is 0.522. The third-order valence-electron chi connectivity index (χ3n) is 6.70. The first-order valence-corrected chi connectivity index (χ1v) is 12.7. The van der Waals surface area contributed by atoms with Gasteiger partial charge < -0.3 is 19.1 Å². The van der Waals surface area contributed by atoms with Crippen molar-refractivity contribution in [1.29, 1.82) is 0 Å². The number of imidazole rings is 1. The van der Waals surface area contributed by atoms with Gasteiger partial charge in [-0.15, -0.1) is 0 Å². The summed E-state index contributed by atoms with van der Waals surface area (Å²) in [6.07, 6.45) is 9.49. The number of carboxylic acid groups (broad SMARTS) is 1. The maximum Gasteiger partial charge on any atom is 0.419 e. The highest BCUT2D eigenvalue weighted by molar-refractivity contribution is 5.88. The van der Waals surface area contributed by atoms with Crippen LogP contribution in [0.1, 0.15) is 105 Å². The predicted octanol–water partition coefficient (Wildman–Crippen LogP) is 5.68. The fourth-order valence-corrected chi connectivity index (χ4v) is 4.90. The van der Waals surface area contributed by atoms with E-state index in [1.54, 1.807) is 47.9 Å². The van der Waals surface area contributed by atoms with Crippen LogP contribution in [0.5, 0.6) is 0 Å². The number of ether oxygens (including phenoxy) is 2. The van der Waals surface area contributed by atoms with Crippen LogP contribution >= 0.6 is 0 Å². The van der Waals surface area contributed by atoms with Gasteiger partial charge in [0.05, 0.1) is 12.0 Å². The summed E-state index contributed by atoms with van der Waals surface area (Å²) in [6, 6.07) is 0.393. The lowest BCUT2D eigenvalue weighted by Crippen LogP contribution is -2.44. The summed E-state index contributed by atoms with van der Waals surface area (Å²) in [6.45, 7) is 10.5. The number of imide groups is 1. The van der Waals surface area contributed by atoms with Gasteiger partial charge >= 0.3 is 18.2 Å². The van der Waals surface area contributed by atoms with Crippen LogP contribution in [0.15, 0.2) is 12.5 Å². The van der Waals surface area contributed by atoms with Crippen LogP contribution in [-0.2, 0) is 19.7 Å². The summed E-state index contributed by atoms with van der Waals surface area (Å²) < 4.78 is 12.9. The zero-order valence-corrected chi connectivity index (χ0v) is 22.0. The second-order valence-electron chi connectivity index (χ2n) is 11.9. The van der Waals surface area contributed by atoms with Crippen LogP contribution in [0.3, 0.4) is 0 Å². The zero-order valence-electron chi connectivity index (χ0n) is 22.0. The number of hydrogen-bond donors (Lipinski definition) is 1. The molecule has 2 saturated carbocycles. The molecule has 3 rings (SSSR count). The first kappa shape index (κ1) is 27.0. The third-order valence-corrected chi connectivity index (χ3v) is 6.70. The Morgan fingerprint density at radius 2 is 1.63 bits per heavy atom. The summed E-state index contributed by atoms with van der Waals surface area (Å²) in [5, 5.41) is 10.1. The smallest absolute Gasteiger partial charge is 0.419 e. The van der Waals surface area contributed by atoms with E-state index >= 15 is 0 Å². The van der Waals surface area contributed by atoms with Crippen molar-refractivity contribution in [3.05, 3.63) is 18.2 Å². The monoisotopic (exact) mass is 491 g/mol. The van der Waals surface area contributed by atoms with Gasteiger partial charge in [0.15, 0.2) is 0 Å². The lowest BCUT2D eigenvalue weighted by atomic mass is 9.95. The Kier molecular flexibility index (Phi) is 7.86. The van der Waals surface area contributed by atoms with Crippen molar-refractivity contribution in [3.8, 4) is 0 Å². The number of aliphatic carboxylic acids is 1. The number of aromatic nitrogens is 2. The van der Waals surface area contributed by atoms with Gasteiger partial charge in [0.2, 0.25) is 0 Å². The molecule has 0 aliphatic heterocycles. The lowest BCUT2D eigenvalue weighted by molar-refractivity contribution is -0.140. The first-order valence-electron chi connectivity index (χ1n) is 12.7. The highest BCUT2D eigenvalue weighted by atomic mass is 16.6. The zero-order chi connectivity index (χ0) is 26.0. The van der Waals surface area contributed by atoms with Gasteiger partial charge in [0, 0.05) is 18.8 Å². The molecule has 9 heteroatoms. The highest BCUT2D eigenvalue weighted by Crippen LogP contribution is 2.56. The molecule has 9 nitrogen and oxygen atoms in total. The van der Waals surface area contributed by atoms with Crippen LogP contribution in [-0.4, -0.2) is 55.5 Å². The standard InChI is InChI=1S/C26H41N3O6/c1-24(2,3)34-22(32)29(23(33)35-25(4,5)6)14-10-11-18-15-26(18,21(30)31)20-16-28(17-27-20)19-12-8-7-9-13-19/h16-19H,7-15H2,1-6H3,(H,30,31). The minimum Gasteiger partial charge on any atom is -0.481 e. The Hall–Kier alpha value is -2.58. The number of rotatable bonds is 7. The summed E-state index contributed by atoms with van der Waals surface area (Å²) in [4.78, 5) is 43.1. The molecule has 1 aromatic rings. The van der Waals surface area contributed by atoms with E-state index in [9.17, 15) is 19.5 Å². The molecule has 2 atom stereocenters. The fourth-order valence-electron chi connectivity index (χ4n) is 4.90. The first-order chi connectivity index (χ1) is 16.2. The average Bonchev–Trinajstić information content (AvgIpc) is 3.25. The third kappa shape index (κ3) is 6.76. The molecule has 2 aliphatic carbocycles. The maximum absolute atomic E-state index is 12.7. The molecular weight excluding hydrogens is 450 g/mol. The van der Waals surface area contributed by atoms with Crippen LogP contribution in [0.2, 0.25) is 0 Å². The SMILES string of the molecule is CC(C)(C)OC(=O)N(CCCC1CC1(C(=O)O)c1cn(C2CCCCC2)cn1)C(=O)OC(C)(C)C. The van der Waals surface area contributed by atoms with E-state index in [1.165, 1.54) is 19.3 Å². The average molecular weight is 492 g/mol. The summed E-state index contributed by atoms with van der Waals surface area (Å²) in [7, 11) is 0. The molecule has 1 aromatic heterocycles. The van der Waals surface area contributed by atoms with Crippen LogP contribution < -0.4 is 0 Å². The number of hydrogen-bond acceptors (Lipinski definition) is 6. The molecule has 0 saturated heterocycles. The maximum atomic E-state index is 12.7. The number of carbonyl (C=O) groups excluding carboxylic acids is 2. The van der Waals surface area contributed by atoms with E-state index in [4.69, 9.17) is 9.47 Å². The van der Waals surface area contributed by atoms with Crippen LogP contribution in [0, 0.1) is 5.92 Å². The van der Waals surface area contributed by atoms with Crippen molar-refractivity contribution in [2.75, 3.05) is 6.54 Å². The van der Waals surface area contributed by atoms with Crippen molar-refractivity contribution < 1.29 is 29.0 Å². The molecular formula is C26H41N3O6. The molecule has 2 fully saturated rings. The van der Waals surface area contributed by atoms with Gasteiger partial charge in [-0.25, -0.2) is 19.5 Å². The van der Waals surface area contributed by atoms with Crippen molar-refractivity contribution >= 4 is 18.2 Å². The normalized spacial score (nSPS) is 23.0. The van der Waals surface area contributed by atoms with E-state index < -0.39 is 34.8 Å². The predicted molar refractivity (Wildman–Crippen MR) is 130 cm³/mol. The molecule has 0 bridgehead atoms. The summed E-state index contributed by atoms with van der Waals surface area (Å²) in [5.74, 6) is -0.971. The van der Waals surface area contributed by atoms with Crippen LogP contribution in [0.4, 0.5) is 9.59 Å². The van der Waals surface area contributed by atoms with Crippen molar-refractivity contribution in [3.63, 3.8) is 0 Å². The summed E-state index contributed by atoms with van der Waals surface area (Å²) in [5.41, 5.74) is -1.91. The number of carbonyl (C=O) groups is 3. The Labute approximate surface area is 208 Å². The van der Waals surface area contributed by atoms with Gasteiger partial charge in [-0.1, -0.05) is 19.3 Å². The second kappa shape index (κ2) is 10.2. The second-order valence-corrected chi connectivity index (χ2v) is 11.9. The largest absolute Gasteiger partial charge is 0.481 e. The molecule has 35 heavy (non-hydrogen) atoms. The topological polar surface area (TPSA) is 111 Å². The highest BCUT2D eigenvalue weighted by Gasteiger charge is 2.62.